The van der Waals surface area contributed by atoms with Crippen molar-refractivity contribution in [2.45, 2.75) is 38.6 Å². The van der Waals surface area contributed by atoms with E-state index in [9.17, 15) is 4.79 Å². The van der Waals surface area contributed by atoms with E-state index in [1.165, 1.54) is 18.9 Å². The maximum atomic E-state index is 10.5. The number of carboxylic acid groups (broad SMARTS) is 1. The van der Waals surface area contributed by atoms with Gasteiger partial charge in [-0.15, -0.1) is 0 Å². The third-order valence-electron chi connectivity index (χ3n) is 3.02. The maximum Gasteiger partial charge on any atom is 0.328 e. The van der Waals surface area contributed by atoms with Crippen LogP contribution < -0.4 is 0 Å². The Morgan fingerprint density at radius 2 is 2.31 bits per heavy atom. The summed E-state index contributed by atoms with van der Waals surface area (Å²) in [6.07, 6.45) is 5.47. The lowest BCUT2D eigenvalue weighted by molar-refractivity contribution is -0.131. The standard InChI is InChI=1S/C12H21NO3/c1-10(8-12(15)16)9-13-6-2-4-11(13)5-3-7-14/h8,11,14H,2-7,9H2,1H3,(H,15,16). The van der Waals surface area contributed by atoms with Gasteiger partial charge in [0.05, 0.1) is 0 Å². The van der Waals surface area contributed by atoms with Crippen LogP contribution in [0, 0.1) is 0 Å². The Morgan fingerprint density at radius 3 is 2.94 bits per heavy atom. The highest BCUT2D eigenvalue weighted by Gasteiger charge is 2.23. The number of hydrogen-bond donors (Lipinski definition) is 2. The highest BCUT2D eigenvalue weighted by molar-refractivity contribution is 5.80. The second-order valence-corrected chi connectivity index (χ2v) is 4.46. The molecule has 0 radical (unpaired) electrons. The van der Waals surface area contributed by atoms with Gasteiger partial charge in [-0.3, -0.25) is 4.90 Å². The van der Waals surface area contributed by atoms with E-state index >= 15 is 0 Å². The number of aliphatic hydroxyl groups excluding tert-OH is 1. The highest BCUT2D eigenvalue weighted by atomic mass is 16.4. The van der Waals surface area contributed by atoms with Crippen molar-refractivity contribution >= 4 is 5.97 Å². The van der Waals surface area contributed by atoms with Gasteiger partial charge in [0.25, 0.3) is 0 Å². The van der Waals surface area contributed by atoms with Crippen LogP contribution >= 0.6 is 0 Å². The summed E-state index contributed by atoms with van der Waals surface area (Å²) in [5.74, 6) is -0.872. The molecule has 0 aromatic carbocycles. The topological polar surface area (TPSA) is 60.8 Å². The summed E-state index contributed by atoms with van der Waals surface area (Å²) in [5.41, 5.74) is 0.892. The molecule has 0 aromatic heterocycles. The van der Waals surface area contributed by atoms with E-state index in [0.29, 0.717) is 6.04 Å². The van der Waals surface area contributed by atoms with Crippen molar-refractivity contribution in [1.29, 1.82) is 0 Å². The van der Waals surface area contributed by atoms with Crippen LogP contribution in [-0.2, 0) is 4.79 Å². The van der Waals surface area contributed by atoms with E-state index in [1.807, 2.05) is 6.92 Å². The van der Waals surface area contributed by atoms with E-state index in [0.717, 1.165) is 31.5 Å². The predicted molar refractivity (Wildman–Crippen MR) is 62.3 cm³/mol. The minimum atomic E-state index is -0.872. The summed E-state index contributed by atoms with van der Waals surface area (Å²) in [6.45, 7) is 3.88. The normalized spacial score (nSPS) is 22.6. The SMILES string of the molecule is CC(=CC(=O)O)CN1CCCC1CCCO. The molecule has 1 fully saturated rings. The van der Waals surface area contributed by atoms with Crippen molar-refractivity contribution in [2.24, 2.45) is 0 Å². The lowest BCUT2D eigenvalue weighted by Gasteiger charge is -2.24. The summed E-state index contributed by atoms with van der Waals surface area (Å²) in [7, 11) is 0. The number of hydrogen-bond acceptors (Lipinski definition) is 3. The molecule has 2 N–H and O–H groups in total. The van der Waals surface area contributed by atoms with Crippen LogP contribution in [0.5, 0.6) is 0 Å². The number of nitrogens with zero attached hydrogens (tertiary/aromatic N) is 1. The predicted octanol–water partition coefficient (Wildman–Crippen LogP) is 1.25. The average Bonchev–Trinajstić information content (AvgIpc) is 2.61. The van der Waals surface area contributed by atoms with Crippen molar-refractivity contribution < 1.29 is 15.0 Å². The molecule has 0 aromatic rings. The van der Waals surface area contributed by atoms with E-state index in [2.05, 4.69) is 4.90 Å². The first kappa shape index (κ1) is 13.2. The lowest BCUT2D eigenvalue weighted by atomic mass is 10.1. The van der Waals surface area contributed by atoms with Gasteiger partial charge in [0.2, 0.25) is 0 Å². The molecule has 1 rings (SSSR count). The summed E-state index contributed by atoms with van der Waals surface area (Å²) in [4.78, 5) is 12.8. The minimum Gasteiger partial charge on any atom is -0.478 e. The Labute approximate surface area is 96.6 Å². The van der Waals surface area contributed by atoms with Gasteiger partial charge in [-0.25, -0.2) is 4.79 Å². The molecule has 1 atom stereocenters. The number of carboxylic acids is 1. The molecule has 16 heavy (non-hydrogen) atoms. The zero-order valence-corrected chi connectivity index (χ0v) is 9.85. The van der Waals surface area contributed by atoms with Crippen molar-refractivity contribution in [3.8, 4) is 0 Å². The first-order chi connectivity index (χ1) is 7.63. The first-order valence-electron chi connectivity index (χ1n) is 5.88. The van der Waals surface area contributed by atoms with Crippen LogP contribution in [0.3, 0.4) is 0 Å². The Hall–Kier alpha value is -0.870. The van der Waals surface area contributed by atoms with Crippen molar-refractivity contribution in [1.82, 2.24) is 4.90 Å². The maximum absolute atomic E-state index is 10.5. The zero-order chi connectivity index (χ0) is 12.0. The molecule has 1 aliphatic heterocycles. The van der Waals surface area contributed by atoms with Crippen LogP contribution in [0.1, 0.15) is 32.6 Å². The molecule has 1 saturated heterocycles. The molecular weight excluding hydrogens is 206 g/mol. The molecule has 1 heterocycles. The van der Waals surface area contributed by atoms with Crippen molar-refractivity contribution in [3.05, 3.63) is 11.6 Å². The molecule has 1 unspecified atom stereocenters. The summed E-state index contributed by atoms with van der Waals surface area (Å²) < 4.78 is 0. The Kier molecular flexibility index (Phi) is 5.49. The fraction of sp³-hybridized carbons (Fsp3) is 0.750. The summed E-state index contributed by atoms with van der Waals surface area (Å²) >= 11 is 0. The Bertz CT molecular complexity index is 263. The van der Waals surface area contributed by atoms with Gasteiger partial charge >= 0.3 is 5.97 Å². The number of rotatable bonds is 6. The number of carbonyl (C=O) groups is 1. The van der Waals surface area contributed by atoms with Crippen LogP contribution in [0.15, 0.2) is 11.6 Å². The fourth-order valence-corrected chi connectivity index (χ4v) is 2.33. The third-order valence-corrected chi connectivity index (χ3v) is 3.02. The number of aliphatic carboxylic acids is 1. The Balaban J connectivity index is 2.43. The molecule has 0 bridgehead atoms. The van der Waals surface area contributed by atoms with Crippen molar-refractivity contribution in [2.75, 3.05) is 19.7 Å². The molecule has 4 nitrogen and oxygen atoms in total. The number of likely N-dealkylation sites (tertiary alicyclic amines) is 1. The van der Waals surface area contributed by atoms with Gasteiger partial charge in [-0.1, -0.05) is 5.57 Å². The molecular formula is C12H21NO3. The first-order valence-corrected chi connectivity index (χ1v) is 5.88. The minimum absolute atomic E-state index is 0.244. The second-order valence-electron chi connectivity index (χ2n) is 4.46. The molecule has 4 heteroatoms. The van der Waals surface area contributed by atoms with Gasteiger partial charge in [-0.05, 0) is 39.2 Å². The van der Waals surface area contributed by atoms with Gasteiger partial charge in [0.15, 0.2) is 0 Å². The molecule has 1 aliphatic rings. The molecule has 92 valence electrons. The lowest BCUT2D eigenvalue weighted by Crippen LogP contribution is -2.31. The quantitative estimate of drug-likeness (QED) is 0.670. The van der Waals surface area contributed by atoms with Crippen LogP contribution in [0.2, 0.25) is 0 Å². The summed E-state index contributed by atoms with van der Waals surface area (Å²) in [6, 6.07) is 0.518. The molecule has 0 amide bonds. The average molecular weight is 227 g/mol. The molecule has 0 spiro atoms. The second kappa shape index (κ2) is 6.66. The third kappa shape index (κ3) is 4.33. The fourth-order valence-electron chi connectivity index (χ4n) is 2.33. The molecule has 0 aliphatic carbocycles. The van der Waals surface area contributed by atoms with Gasteiger partial charge in [0, 0.05) is 25.3 Å². The zero-order valence-electron chi connectivity index (χ0n) is 9.85. The van der Waals surface area contributed by atoms with Crippen LogP contribution in [0.25, 0.3) is 0 Å². The van der Waals surface area contributed by atoms with Crippen molar-refractivity contribution in [3.63, 3.8) is 0 Å². The van der Waals surface area contributed by atoms with Crippen LogP contribution in [0.4, 0.5) is 0 Å². The van der Waals surface area contributed by atoms with E-state index < -0.39 is 5.97 Å². The highest BCUT2D eigenvalue weighted by Crippen LogP contribution is 2.22. The van der Waals surface area contributed by atoms with E-state index in [1.54, 1.807) is 0 Å². The number of aliphatic hydroxyl groups is 1. The largest absolute Gasteiger partial charge is 0.478 e. The summed E-state index contributed by atoms with van der Waals surface area (Å²) in [5, 5.41) is 17.4. The van der Waals surface area contributed by atoms with Crippen LogP contribution in [-0.4, -0.2) is 46.8 Å². The van der Waals surface area contributed by atoms with E-state index in [4.69, 9.17) is 10.2 Å². The monoisotopic (exact) mass is 227 g/mol. The van der Waals surface area contributed by atoms with E-state index in [-0.39, 0.29) is 6.61 Å². The smallest absolute Gasteiger partial charge is 0.328 e. The molecule has 0 saturated carbocycles. The van der Waals surface area contributed by atoms with Gasteiger partial charge in [0.1, 0.15) is 0 Å². The Morgan fingerprint density at radius 1 is 1.56 bits per heavy atom. The van der Waals surface area contributed by atoms with Gasteiger partial charge < -0.3 is 10.2 Å². The van der Waals surface area contributed by atoms with Gasteiger partial charge in [-0.2, -0.15) is 0 Å².